The second-order valence-electron chi connectivity index (χ2n) is 6.74. The van der Waals surface area contributed by atoms with Gasteiger partial charge in [-0.25, -0.2) is 0 Å². The van der Waals surface area contributed by atoms with Crippen molar-refractivity contribution >= 4 is 10.9 Å². The lowest BCUT2D eigenvalue weighted by Crippen LogP contribution is -2.15. The first kappa shape index (κ1) is 15.8. The first-order chi connectivity index (χ1) is 11.1. The Morgan fingerprint density at radius 2 is 1.70 bits per heavy atom. The molecular formula is C21H26N2. The summed E-state index contributed by atoms with van der Waals surface area (Å²) in [5.41, 5.74) is 12.7. The molecule has 0 aliphatic carbocycles. The molecule has 0 fully saturated rings. The van der Waals surface area contributed by atoms with Gasteiger partial charge in [0.1, 0.15) is 0 Å². The summed E-state index contributed by atoms with van der Waals surface area (Å²) in [5.74, 6) is 0.918. The van der Waals surface area contributed by atoms with Crippen LogP contribution in [0.15, 0.2) is 48.5 Å². The van der Waals surface area contributed by atoms with Crippen LogP contribution in [0.1, 0.15) is 48.1 Å². The van der Waals surface area contributed by atoms with Crippen LogP contribution in [0.25, 0.3) is 10.9 Å². The lowest BCUT2D eigenvalue weighted by atomic mass is 9.89. The van der Waals surface area contributed by atoms with Crippen molar-refractivity contribution in [3.8, 4) is 0 Å². The molecule has 0 spiro atoms. The predicted molar refractivity (Wildman–Crippen MR) is 99.1 cm³/mol. The minimum atomic E-state index is 0.344. The minimum absolute atomic E-state index is 0.344. The molecule has 0 radical (unpaired) electrons. The van der Waals surface area contributed by atoms with E-state index in [4.69, 9.17) is 5.73 Å². The Balaban J connectivity index is 1.91. The normalized spacial score (nSPS) is 12.9. The molecule has 1 unspecified atom stereocenters. The van der Waals surface area contributed by atoms with Crippen molar-refractivity contribution in [2.24, 2.45) is 5.73 Å². The Bertz CT molecular complexity index is 781. The molecule has 0 aliphatic rings. The smallest absolute Gasteiger partial charge is 0.0458 e. The molecule has 3 N–H and O–H groups in total. The van der Waals surface area contributed by atoms with Gasteiger partial charge < -0.3 is 10.7 Å². The number of aromatic nitrogens is 1. The molecular weight excluding hydrogens is 280 g/mol. The van der Waals surface area contributed by atoms with Crippen molar-refractivity contribution in [2.75, 3.05) is 6.54 Å². The zero-order chi connectivity index (χ0) is 16.4. The summed E-state index contributed by atoms with van der Waals surface area (Å²) in [6, 6.07) is 17.5. The number of para-hydroxylation sites is 1. The highest BCUT2D eigenvalue weighted by Gasteiger charge is 2.18. The fourth-order valence-electron chi connectivity index (χ4n) is 3.45. The Morgan fingerprint density at radius 1 is 1.00 bits per heavy atom. The number of hydrogen-bond donors (Lipinski definition) is 2. The van der Waals surface area contributed by atoms with Gasteiger partial charge in [0.15, 0.2) is 0 Å². The average Bonchev–Trinajstić information content (AvgIpc) is 2.89. The molecule has 2 heteroatoms. The van der Waals surface area contributed by atoms with E-state index < -0.39 is 0 Å². The van der Waals surface area contributed by atoms with Crippen molar-refractivity contribution in [1.82, 2.24) is 4.98 Å². The van der Waals surface area contributed by atoms with Crippen molar-refractivity contribution in [3.05, 3.63) is 70.9 Å². The van der Waals surface area contributed by atoms with Gasteiger partial charge in [0, 0.05) is 22.5 Å². The summed E-state index contributed by atoms with van der Waals surface area (Å²) in [5, 5.41) is 1.30. The number of fused-ring (bicyclic) bond motifs is 1. The molecule has 1 atom stereocenters. The fourth-order valence-corrected chi connectivity index (χ4v) is 3.45. The maximum atomic E-state index is 6.14. The monoisotopic (exact) mass is 306 g/mol. The summed E-state index contributed by atoms with van der Waals surface area (Å²) >= 11 is 0. The number of H-pyrrole nitrogens is 1. The summed E-state index contributed by atoms with van der Waals surface area (Å²) in [6.45, 7) is 7.27. The van der Waals surface area contributed by atoms with Crippen molar-refractivity contribution in [2.45, 2.75) is 39.0 Å². The first-order valence-electron chi connectivity index (χ1n) is 8.46. The SMILES string of the molecule is Cc1[nH]c2ccccc2c1C(CN)Cc1ccc(C(C)C)cc1. The van der Waals surface area contributed by atoms with Gasteiger partial charge >= 0.3 is 0 Å². The van der Waals surface area contributed by atoms with E-state index in [9.17, 15) is 0 Å². The Hall–Kier alpha value is -2.06. The Kier molecular flexibility index (Phi) is 4.53. The summed E-state index contributed by atoms with van der Waals surface area (Å²) in [4.78, 5) is 3.50. The van der Waals surface area contributed by atoms with Gasteiger partial charge in [-0.1, -0.05) is 56.3 Å². The number of nitrogens with two attached hydrogens (primary N) is 1. The topological polar surface area (TPSA) is 41.8 Å². The molecule has 2 aromatic carbocycles. The van der Waals surface area contributed by atoms with Crippen molar-refractivity contribution < 1.29 is 0 Å². The van der Waals surface area contributed by atoms with E-state index in [1.807, 2.05) is 0 Å². The van der Waals surface area contributed by atoms with E-state index in [2.05, 4.69) is 74.3 Å². The van der Waals surface area contributed by atoms with E-state index in [1.54, 1.807) is 0 Å². The first-order valence-corrected chi connectivity index (χ1v) is 8.46. The van der Waals surface area contributed by atoms with Gasteiger partial charge in [0.2, 0.25) is 0 Å². The highest BCUT2D eigenvalue weighted by atomic mass is 14.7. The van der Waals surface area contributed by atoms with Gasteiger partial charge in [0.25, 0.3) is 0 Å². The van der Waals surface area contributed by atoms with Crippen molar-refractivity contribution in [1.29, 1.82) is 0 Å². The summed E-state index contributed by atoms with van der Waals surface area (Å²) in [6.07, 6.45) is 0.984. The van der Waals surface area contributed by atoms with E-state index >= 15 is 0 Å². The van der Waals surface area contributed by atoms with Gasteiger partial charge in [-0.05, 0) is 48.6 Å². The molecule has 0 aliphatic heterocycles. The molecule has 2 nitrogen and oxygen atoms in total. The zero-order valence-electron chi connectivity index (χ0n) is 14.3. The van der Waals surface area contributed by atoms with Crippen LogP contribution in [-0.2, 0) is 6.42 Å². The van der Waals surface area contributed by atoms with E-state index in [0.717, 1.165) is 6.42 Å². The minimum Gasteiger partial charge on any atom is -0.358 e. The lowest BCUT2D eigenvalue weighted by Gasteiger charge is -2.16. The van der Waals surface area contributed by atoms with Crippen LogP contribution in [-0.4, -0.2) is 11.5 Å². The highest BCUT2D eigenvalue weighted by Crippen LogP contribution is 2.31. The molecule has 0 amide bonds. The predicted octanol–water partition coefficient (Wildman–Crippen LogP) is 4.88. The molecule has 120 valence electrons. The van der Waals surface area contributed by atoms with Crippen LogP contribution >= 0.6 is 0 Å². The highest BCUT2D eigenvalue weighted by molar-refractivity contribution is 5.85. The van der Waals surface area contributed by atoms with Gasteiger partial charge in [-0.2, -0.15) is 0 Å². The molecule has 3 rings (SSSR count). The van der Waals surface area contributed by atoms with Crippen LogP contribution in [0.5, 0.6) is 0 Å². The van der Waals surface area contributed by atoms with Gasteiger partial charge in [0.05, 0.1) is 0 Å². The average molecular weight is 306 g/mol. The number of nitrogens with one attached hydrogen (secondary N) is 1. The Morgan fingerprint density at radius 3 is 2.35 bits per heavy atom. The number of hydrogen-bond acceptors (Lipinski definition) is 1. The van der Waals surface area contributed by atoms with E-state index in [1.165, 1.54) is 33.3 Å². The third-order valence-electron chi connectivity index (χ3n) is 4.76. The standard InChI is InChI=1S/C21H26N2/c1-14(2)17-10-8-16(9-11-17)12-18(13-22)21-15(3)23-20-7-5-4-6-19(20)21/h4-11,14,18,23H,12-13,22H2,1-3H3. The fraction of sp³-hybridized carbons (Fsp3) is 0.333. The molecule has 1 heterocycles. The zero-order valence-corrected chi connectivity index (χ0v) is 14.3. The maximum Gasteiger partial charge on any atom is 0.0458 e. The van der Waals surface area contributed by atoms with Crippen LogP contribution < -0.4 is 5.73 Å². The third kappa shape index (κ3) is 3.18. The summed E-state index contributed by atoms with van der Waals surface area (Å²) in [7, 11) is 0. The quantitative estimate of drug-likeness (QED) is 0.692. The number of aromatic amines is 1. The van der Waals surface area contributed by atoms with Crippen molar-refractivity contribution in [3.63, 3.8) is 0 Å². The molecule has 0 bridgehead atoms. The maximum absolute atomic E-state index is 6.14. The molecule has 3 aromatic rings. The Labute approximate surface area is 138 Å². The van der Waals surface area contributed by atoms with Crippen LogP contribution in [0.3, 0.4) is 0 Å². The van der Waals surface area contributed by atoms with E-state index in [0.29, 0.717) is 18.4 Å². The molecule has 1 aromatic heterocycles. The largest absolute Gasteiger partial charge is 0.358 e. The van der Waals surface area contributed by atoms with Gasteiger partial charge in [-0.15, -0.1) is 0 Å². The molecule has 23 heavy (non-hydrogen) atoms. The number of rotatable bonds is 5. The third-order valence-corrected chi connectivity index (χ3v) is 4.76. The van der Waals surface area contributed by atoms with Crippen LogP contribution in [0.2, 0.25) is 0 Å². The lowest BCUT2D eigenvalue weighted by molar-refractivity contribution is 0.694. The second-order valence-corrected chi connectivity index (χ2v) is 6.74. The van der Waals surface area contributed by atoms with E-state index in [-0.39, 0.29) is 0 Å². The second kappa shape index (κ2) is 6.59. The molecule has 0 saturated heterocycles. The van der Waals surface area contributed by atoms with Crippen LogP contribution in [0.4, 0.5) is 0 Å². The number of benzene rings is 2. The van der Waals surface area contributed by atoms with Gasteiger partial charge in [-0.3, -0.25) is 0 Å². The summed E-state index contributed by atoms with van der Waals surface area (Å²) < 4.78 is 0. The molecule has 0 saturated carbocycles. The van der Waals surface area contributed by atoms with Crippen LogP contribution in [0, 0.1) is 6.92 Å². The number of aryl methyl sites for hydroxylation is 1.